The minimum Gasteiger partial charge on any atom is -0.384 e. The number of anilines is 1. The van der Waals surface area contributed by atoms with E-state index in [1.54, 1.807) is 17.0 Å². The number of nitrogens with one attached hydrogen (secondary N) is 1. The van der Waals surface area contributed by atoms with Gasteiger partial charge in [-0.25, -0.2) is 0 Å². The number of aliphatic hydroxyl groups excluding tert-OH is 1. The van der Waals surface area contributed by atoms with Crippen molar-refractivity contribution in [2.24, 2.45) is 0 Å². The van der Waals surface area contributed by atoms with Crippen LogP contribution in [0.25, 0.3) is 0 Å². The highest BCUT2D eigenvalue weighted by Gasteiger charge is 2.24. The van der Waals surface area contributed by atoms with Crippen molar-refractivity contribution in [1.29, 1.82) is 0 Å². The van der Waals surface area contributed by atoms with Crippen molar-refractivity contribution in [3.8, 4) is 0 Å². The van der Waals surface area contributed by atoms with Gasteiger partial charge in [0.1, 0.15) is 6.10 Å². The highest BCUT2D eigenvalue weighted by Crippen LogP contribution is 2.23. The van der Waals surface area contributed by atoms with E-state index in [0.717, 1.165) is 31.5 Å². The van der Waals surface area contributed by atoms with Crippen LogP contribution in [-0.4, -0.2) is 41.0 Å². The number of likely N-dealkylation sites (tertiary alicyclic amines) is 1. The molecule has 1 aromatic carbocycles. The second-order valence-electron chi connectivity index (χ2n) is 5.16. The van der Waals surface area contributed by atoms with Gasteiger partial charge in [0.05, 0.1) is 11.3 Å². The largest absolute Gasteiger partial charge is 0.384 e. The quantitative estimate of drug-likeness (QED) is 0.880. The molecule has 1 aliphatic heterocycles. The summed E-state index contributed by atoms with van der Waals surface area (Å²) in [6, 6.07) is 5.33. The molecule has 1 unspecified atom stereocenters. The Balaban J connectivity index is 2.30. The van der Waals surface area contributed by atoms with E-state index in [-0.39, 0.29) is 5.91 Å². The number of amides is 2. The third-order valence-electron chi connectivity index (χ3n) is 3.52. The Kier molecular flexibility index (Phi) is 4.39. The number of carbonyl (C=O) groups excluding carboxylic acids is 2. The summed E-state index contributed by atoms with van der Waals surface area (Å²) in [4.78, 5) is 26.0. The number of hydrogen-bond donors (Lipinski definition) is 2. The molecule has 1 atom stereocenters. The van der Waals surface area contributed by atoms with Gasteiger partial charge in [-0.05, 0) is 38.3 Å². The zero-order chi connectivity index (χ0) is 14.7. The Morgan fingerprint density at radius 2 is 1.95 bits per heavy atom. The number of hydrogen-bond acceptors (Lipinski definition) is 3. The first-order valence-electron chi connectivity index (χ1n) is 6.88. The average molecular weight is 276 g/mol. The number of benzene rings is 1. The van der Waals surface area contributed by atoms with Gasteiger partial charge in [0, 0.05) is 13.1 Å². The molecule has 1 aromatic rings. The average Bonchev–Trinajstić information content (AvgIpc) is 2.92. The fraction of sp³-hybridized carbons (Fsp3) is 0.467. The lowest BCUT2D eigenvalue weighted by atomic mass is 10.0. The molecular weight excluding hydrogens is 256 g/mol. The summed E-state index contributed by atoms with van der Waals surface area (Å²) in [5.41, 5.74) is 1.81. The minimum absolute atomic E-state index is 0.0542. The Hall–Kier alpha value is -1.88. The zero-order valence-electron chi connectivity index (χ0n) is 11.8. The Morgan fingerprint density at radius 1 is 1.30 bits per heavy atom. The van der Waals surface area contributed by atoms with E-state index in [4.69, 9.17) is 0 Å². The molecule has 0 saturated carbocycles. The predicted molar refractivity (Wildman–Crippen MR) is 76.6 cm³/mol. The van der Waals surface area contributed by atoms with Gasteiger partial charge in [0.2, 0.25) is 0 Å². The molecule has 0 aromatic heterocycles. The molecule has 0 radical (unpaired) electrons. The molecule has 20 heavy (non-hydrogen) atoms. The smallest absolute Gasteiger partial charge is 0.256 e. The summed E-state index contributed by atoms with van der Waals surface area (Å²) in [5.74, 6) is -0.562. The molecule has 0 bridgehead atoms. The Morgan fingerprint density at radius 3 is 2.55 bits per heavy atom. The molecule has 1 heterocycles. The third-order valence-corrected chi connectivity index (χ3v) is 3.52. The highest BCUT2D eigenvalue weighted by atomic mass is 16.3. The van der Waals surface area contributed by atoms with Crippen molar-refractivity contribution < 1.29 is 14.7 Å². The lowest BCUT2D eigenvalue weighted by Gasteiger charge is -2.20. The van der Waals surface area contributed by atoms with Gasteiger partial charge in [-0.15, -0.1) is 0 Å². The lowest BCUT2D eigenvalue weighted by molar-refractivity contribution is -0.123. The van der Waals surface area contributed by atoms with E-state index in [9.17, 15) is 14.7 Å². The summed E-state index contributed by atoms with van der Waals surface area (Å²) < 4.78 is 0. The monoisotopic (exact) mass is 276 g/mol. The van der Waals surface area contributed by atoms with E-state index < -0.39 is 12.0 Å². The summed E-state index contributed by atoms with van der Waals surface area (Å²) in [6.45, 7) is 4.77. The molecule has 108 valence electrons. The van der Waals surface area contributed by atoms with Crippen LogP contribution in [0.3, 0.4) is 0 Å². The van der Waals surface area contributed by atoms with Crippen LogP contribution in [0.15, 0.2) is 18.2 Å². The van der Waals surface area contributed by atoms with Crippen molar-refractivity contribution in [2.45, 2.75) is 32.8 Å². The number of carbonyl (C=O) groups is 2. The summed E-state index contributed by atoms with van der Waals surface area (Å²) in [7, 11) is 0. The number of aryl methyl sites for hydroxylation is 1. The summed E-state index contributed by atoms with van der Waals surface area (Å²) in [5, 5.41) is 11.9. The Bertz CT molecular complexity index is 520. The van der Waals surface area contributed by atoms with Gasteiger partial charge in [-0.2, -0.15) is 0 Å². The first-order valence-corrected chi connectivity index (χ1v) is 6.88. The van der Waals surface area contributed by atoms with Crippen molar-refractivity contribution in [2.75, 3.05) is 18.4 Å². The van der Waals surface area contributed by atoms with Crippen LogP contribution in [0.1, 0.15) is 35.7 Å². The van der Waals surface area contributed by atoms with Crippen LogP contribution in [0, 0.1) is 6.92 Å². The summed E-state index contributed by atoms with van der Waals surface area (Å²) in [6.07, 6.45) is 0.935. The predicted octanol–water partition coefficient (Wildman–Crippen LogP) is 1.55. The van der Waals surface area contributed by atoms with E-state index in [0.29, 0.717) is 11.3 Å². The van der Waals surface area contributed by atoms with Crippen LogP contribution in [-0.2, 0) is 4.79 Å². The van der Waals surface area contributed by atoms with E-state index >= 15 is 0 Å². The summed E-state index contributed by atoms with van der Waals surface area (Å²) >= 11 is 0. The Labute approximate surface area is 118 Å². The van der Waals surface area contributed by atoms with Gasteiger partial charge < -0.3 is 15.3 Å². The molecular formula is C15H20N2O3. The van der Waals surface area contributed by atoms with E-state index in [2.05, 4.69) is 5.32 Å². The fourth-order valence-electron chi connectivity index (χ4n) is 2.37. The standard InChI is InChI=1S/C15H20N2O3/c1-10-6-5-7-12(16-14(19)11(2)18)13(10)15(20)17-8-3-4-9-17/h5-7,11,18H,3-4,8-9H2,1-2H3,(H,16,19). The number of aliphatic hydroxyl groups is 1. The molecule has 5 heteroatoms. The minimum atomic E-state index is -1.11. The van der Waals surface area contributed by atoms with Gasteiger partial charge in [0.25, 0.3) is 11.8 Å². The van der Waals surface area contributed by atoms with Crippen molar-refractivity contribution in [1.82, 2.24) is 4.90 Å². The molecule has 0 spiro atoms. The normalized spacial score (nSPS) is 16.1. The van der Waals surface area contributed by atoms with E-state index in [1.807, 2.05) is 13.0 Å². The molecule has 1 fully saturated rings. The molecule has 0 aliphatic carbocycles. The number of nitrogens with zero attached hydrogens (tertiary/aromatic N) is 1. The second-order valence-corrected chi connectivity index (χ2v) is 5.16. The molecule has 2 rings (SSSR count). The van der Waals surface area contributed by atoms with Crippen LogP contribution < -0.4 is 5.32 Å². The molecule has 1 aliphatic rings. The molecule has 5 nitrogen and oxygen atoms in total. The van der Waals surface area contributed by atoms with Gasteiger partial charge in [-0.3, -0.25) is 9.59 Å². The molecule has 1 saturated heterocycles. The first-order chi connectivity index (χ1) is 9.50. The van der Waals surface area contributed by atoms with Crippen molar-refractivity contribution in [3.63, 3.8) is 0 Å². The topological polar surface area (TPSA) is 69.6 Å². The first kappa shape index (κ1) is 14.5. The van der Waals surface area contributed by atoms with Crippen LogP contribution in [0.2, 0.25) is 0 Å². The fourth-order valence-corrected chi connectivity index (χ4v) is 2.37. The van der Waals surface area contributed by atoms with Crippen molar-refractivity contribution >= 4 is 17.5 Å². The zero-order valence-corrected chi connectivity index (χ0v) is 11.8. The van der Waals surface area contributed by atoms with Gasteiger partial charge >= 0.3 is 0 Å². The van der Waals surface area contributed by atoms with Crippen LogP contribution in [0.4, 0.5) is 5.69 Å². The maximum Gasteiger partial charge on any atom is 0.256 e. The van der Waals surface area contributed by atoms with Gasteiger partial charge in [0.15, 0.2) is 0 Å². The van der Waals surface area contributed by atoms with Crippen LogP contribution in [0.5, 0.6) is 0 Å². The third kappa shape index (κ3) is 2.99. The van der Waals surface area contributed by atoms with Crippen LogP contribution >= 0.6 is 0 Å². The highest BCUT2D eigenvalue weighted by molar-refractivity contribution is 6.05. The maximum absolute atomic E-state index is 12.6. The SMILES string of the molecule is Cc1cccc(NC(=O)C(C)O)c1C(=O)N1CCCC1. The maximum atomic E-state index is 12.6. The lowest BCUT2D eigenvalue weighted by Crippen LogP contribution is -2.31. The van der Waals surface area contributed by atoms with Gasteiger partial charge in [-0.1, -0.05) is 12.1 Å². The van der Waals surface area contributed by atoms with Crippen molar-refractivity contribution in [3.05, 3.63) is 29.3 Å². The molecule has 2 amide bonds. The molecule has 2 N–H and O–H groups in total. The second kappa shape index (κ2) is 6.05. The number of rotatable bonds is 3. The van der Waals surface area contributed by atoms with E-state index in [1.165, 1.54) is 6.92 Å².